The third kappa shape index (κ3) is 9.99. The van der Waals surface area contributed by atoms with Crippen molar-refractivity contribution in [1.29, 1.82) is 0 Å². The number of carboxylic acid groups (broad SMARTS) is 1. The Morgan fingerprint density at radius 2 is 1.97 bits per heavy atom. The Kier molecular flexibility index (Phi) is 10.00. The number of carbonyl (C=O) groups is 3. The van der Waals surface area contributed by atoms with Crippen molar-refractivity contribution >= 4 is 29.8 Å². The largest absolute Gasteiger partial charge is 0.480 e. The van der Waals surface area contributed by atoms with Crippen molar-refractivity contribution in [2.75, 3.05) is 6.54 Å². The predicted octanol–water partition coefficient (Wildman–Crippen LogP) is 0.447. The Hall–Kier alpha value is -3.30. The van der Waals surface area contributed by atoms with E-state index in [1.807, 2.05) is 13.8 Å². The SMILES string of the molecule is CC(C)CC(NC(=O)C(CCCN=C(N)N)NC(=O)/C=C/c1ccco1)C(=O)O. The summed E-state index contributed by atoms with van der Waals surface area (Å²) in [6.45, 7) is 3.99. The zero-order valence-corrected chi connectivity index (χ0v) is 16.6. The van der Waals surface area contributed by atoms with Crippen molar-refractivity contribution in [3.05, 3.63) is 30.2 Å². The van der Waals surface area contributed by atoms with E-state index >= 15 is 0 Å². The first-order chi connectivity index (χ1) is 13.7. The fraction of sp³-hybridized carbons (Fsp3) is 0.474. The van der Waals surface area contributed by atoms with Gasteiger partial charge in [0.2, 0.25) is 11.8 Å². The van der Waals surface area contributed by atoms with Crippen LogP contribution in [-0.2, 0) is 14.4 Å². The molecule has 0 aliphatic carbocycles. The molecule has 0 aromatic carbocycles. The molecule has 0 spiro atoms. The van der Waals surface area contributed by atoms with Crippen LogP contribution in [0.3, 0.4) is 0 Å². The predicted molar refractivity (Wildman–Crippen MR) is 109 cm³/mol. The molecule has 1 heterocycles. The normalized spacial score (nSPS) is 13.1. The third-order valence-corrected chi connectivity index (χ3v) is 3.84. The lowest BCUT2D eigenvalue weighted by atomic mass is 10.0. The Balaban J connectivity index is 2.79. The minimum absolute atomic E-state index is 0.0701. The number of nitrogens with two attached hydrogens (primary N) is 2. The second kappa shape index (κ2) is 12.2. The van der Waals surface area contributed by atoms with Crippen LogP contribution in [0.1, 0.15) is 38.9 Å². The summed E-state index contributed by atoms with van der Waals surface area (Å²) in [4.78, 5) is 40.1. The minimum atomic E-state index is -1.13. The van der Waals surface area contributed by atoms with Gasteiger partial charge in [0, 0.05) is 12.6 Å². The molecule has 0 aliphatic heterocycles. The van der Waals surface area contributed by atoms with Crippen LogP contribution in [0.25, 0.3) is 6.08 Å². The fourth-order valence-electron chi connectivity index (χ4n) is 2.50. The summed E-state index contributed by atoms with van der Waals surface area (Å²) in [7, 11) is 0. The first-order valence-electron chi connectivity index (χ1n) is 9.29. The number of hydrogen-bond acceptors (Lipinski definition) is 5. The average Bonchev–Trinajstić information content (AvgIpc) is 3.14. The van der Waals surface area contributed by atoms with Crippen LogP contribution in [0.15, 0.2) is 33.9 Å². The van der Waals surface area contributed by atoms with Gasteiger partial charge in [-0.3, -0.25) is 14.6 Å². The van der Waals surface area contributed by atoms with Gasteiger partial charge in [0.15, 0.2) is 5.96 Å². The maximum Gasteiger partial charge on any atom is 0.326 e. The van der Waals surface area contributed by atoms with Gasteiger partial charge in [0.25, 0.3) is 0 Å². The molecule has 0 radical (unpaired) electrons. The molecule has 0 fully saturated rings. The summed E-state index contributed by atoms with van der Waals surface area (Å²) in [6, 6.07) is 1.37. The number of carboxylic acids is 1. The summed E-state index contributed by atoms with van der Waals surface area (Å²) in [5.41, 5.74) is 10.6. The van der Waals surface area contributed by atoms with Gasteiger partial charge in [-0.2, -0.15) is 0 Å². The molecule has 10 heteroatoms. The number of hydrogen-bond donors (Lipinski definition) is 5. The maximum atomic E-state index is 12.6. The molecule has 0 aliphatic rings. The number of aliphatic imine (C=N–C) groups is 1. The number of carbonyl (C=O) groups excluding carboxylic acids is 2. The highest BCUT2D eigenvalue weighted by Crippen LogP contribution is 2.07. The Bertz CT molecular complexity index is 723. The molecule has 2 unspecified atom stereocenters. The van der Waals surface area contributed by atoms with Crippen LogP contribution >= 0.6 is 0 Å². The molecule has 2 amide bonds. The Morgan fingerprint density at radius 1 is 1.24 bits per heavy atom. The summed E-state index contributed by atoms with van der Waals surface area (Å²) in [6.07, 6.45) is 5.09. The standard InChI is InChI=1S/C19H29N5O5/c1-12(2)11-15(18(27)28)24-17(26)14(6-3-9-22-19(20)21)23-16(25)8-7-13-5-4-10-29-13/h4-5,7-8,10,12,14-15H,3,6,9,11H2,1-2H3,(H,23,25)(H,24,26)(H,27,28)(H4,20,21,22)/b8-7+. The minimum Gasteiger partial charge on any atom is -0.480 e. The summed E-state index contributed by atoms with van der Waals surface area (Å²) in [5.74, 6) is -1.74. The number of guanidine groups is 1. The monoisotopic (exact) mass is 407 g/mol. The lowest BCUT2D eigenvalue weighted by molar-refractivity contribution is -0.142. The lowest BCUT2D eigenvalue weighted by Gasteiger charge is -2.22. The van der Waals surface area contributed by atoms with E-state index in [9.17, 15) is 19.5 Å². The molecule has 0 saturated carbocycles. The van der Waals surface area contributed by atoms with Crippen molar-refractivity contribution in [2.24, 2.45) is 22.4 Å². The second-order valence-electron chi connectivity index (χ2n) is 6.89. The Labute approximate surface area is 169 Å². The lowest BCUT2D eigenvalue weighted by Crippen LogP contribution is -2.51. The highest BCUT2D eigenvalue weighted by molar-refractivity contribution is 5.96. The Morgan fingerprint density at radius 3 is 2.52 bits per heavy atom. The van der Waals surface area contributed by atoms with E-state index in [-0.39, 0.29) is 31.3 Å². The zero-order chi connectivity index (χ0) is 21.8. The van der Waals surface area contributed by atoms with Crippen LogP contribution in [-0.4, -0.2) is 47.5 Å². The molecule has 29 heavy (non-hydrogen) atoms. The zero-order valence-electron chi connectivity index (χ0n) is 16.6. The first-order valence-corrected chi connectivity index (χ1v) is 9.29. The van der Waals surface area contributed by atoms with Gasteiger partial charge in [-0.1, -0.05) is 13.8 Å². The van der Waals surface area contributed by atoms with Gasteiger partial charge in [0.05, 0.1) is 6.26 Å². The van der Waals surface area contributed by atoms with Gasteiger partial charge in [-0.15, -0.1) is 0 Å². The second-order valence-corrected chi connectivity index (χ2v) is 6.89. The molecule has 0 bridgehead atoms. The molecular formula is C19H29N5O5. The molecule has 1 rings (SSSR count). The van der Waals surface area contributed by atoms with Crippen molar-refractivity contribution in [3.63, 3.8) is 0 Å². The van der Waals surface area contributed by atoms with Crippen LogP contribution in [0, 0.1) is 5.92 Å². The smallest absolute Gasteiger partial charge is 0.326 e. The maximum absolute atomic E-state index is 12.6. The molecule has 0 saturated heterocycles. The van der Waals surface area contributed by atoms with Crippen molar-refractivity contribution < 1.29 is 23.9 Å². The van der Waals surface area contributed by atoms with Gasteiger partial charge >= 0.3 is 5.97 Å². The van der Waals surface area contributed by atoms with Crippen LogP contribution in [0.4, 0.5) is 0 Å². The van der Waals surface area contributed by atoms with Crippen molar-refractivity contribution in [1.82, 2.24) is 10.6 Å². The number of furan rings is 1. The molecular weight excluding hydrogens is 378 g/mol. The van der Waals surface area contributed by atoms with Crippen LogP contribution in [0.5, 0.6) is 0 Å². The molecule has 1 aromatic rings. The molecule has 10 nitrogen and oxygen atoms in total. The van der Waals surface area contributed by atoms with Crippen molar-refractivity contribution in [2.45, 2.75) is 45.2 Å². The molecule has 2 atom stereocenters. The molecule has 7 N–H and O–H groups in total. The summed E-state index contributed by atoms with van der Waals surface area (Å²) in [5, 5.41) is 14.4. The quantitative estimate of drug-likeness (QED) is 0.145. The van der Waals surface area contributed by atoms with E-state index in [4.69, 9.17) is 15.9 Å². The van der Waals surface area contributed by atoms with Crippen LogP contribution < -0.4 is 22.1 Å². The van der Waals surface area contributed by atoms with E-state index in [1.54, 1.807) is 12.1 Å². The summed E-state index contributed by atoms with van der Waals surface area (Å²) < 4.78 is 5.10. The van der Waals surface area contributed by atoms with Gasteiger partial charge in [-0.05, 0) is 43.4 Å². The van der Waals surface area contributed by atoms with E-state index in [1.165, 1.54) is 18.4 Å². The highest BCUT2D eigenvalue weighted by Gasteiger charge is 2.26. The molecule has 160 valence electrons. The number of aliphatic carboxylic acids is 1. The average molecular weight is 407 g/mol. The molecule has 1 aromatic heterocycles. The summed E-state index contributed by atoms with van der Waals surface area (Å²) >= 11 is 0. The van der Waals surface area contributed by atoms with E-state index in [0.717, 1.165) is 0 Å². The van der Waals surface area contributed by atoms with Crippen molar-refractivity contribution in [3.8, 4) is 0 Å². The van der Waals surface area contributed by atoms with Crippen LogP contribution in [0.2, 0.25) is 0 Å². The fourth-order valence-corrected chi connectivity index (χ4v) is 2.50. The van der Waals surface area contributed by atoms with E-state index in [2.05, 4.69) is 15.6 Å². The highest BCUT2D eigenvalue weighted by atomic mass is 16.4. The first kappa shape index (κ1) is 23.7. The number of rotatable bonds is 12. The number of nitrogens with one attached hydrogen (secondary N) is 2. The third-order valence-electron chi connectivity index (χ3n) is 3.84. The van der Waals surface area contributed by atoms with Gasteiger partial charge in [0.1, 0.15) is 17.8 Å². The van der Waals surface area contributed by atoms with Gasteiger partial charge in [-0.25, -0.2) is 4.79 Å². The van der Waals surface area contributed by atoms with Gasteiger partial charge < -0.3 is 31.6 Å². The van der Waals surface area contributed by atoms with E-state index in [0.29, 0.717) is 12.2 Å². The number of amides is 2. The van der Waals surface area contributed by atoms with E-state index < -0.39 is 29.9 Å². The topological polar surface area (TPSA) is 173 Å². The number of nitrogens with zero attached hydrogens (tertiary/aromatic N) is 1.